The Hall–Kier alpha value is -0.0800. The van der Waals surface area contributed by atoms with Gasteiger partial charge in [0, 0.05) is 6.54 Å². The van der Waals surface area contributed by atoms with Crippen LogP contribution in [-0.4, -0.2) is 31.1 Å². The van der Waals surface area contributed by atoms with Crippen molar-refractivity contribution < 1.29 is 0 Å². The minimum atomic E-state index is 0.547. The lowest BCUT2D eigenvalue weighted by Gasteiger charge is -2.27. The van der Waals surface area contributed by atoms with Gasteiger partial charge < -0.3 is 10.6 Å². The van der Waals surface area contributed by atoms with E-state index in [2.05, 4.69) is 32.6 Å². The molecule has 0 radical (unpaired) electrons. The van der Waals surface area contributed by atoms with Gasteiger partial charge in [0.25, 0.3) is 0 Å². The van der Waals surface area contributed by atoms with E-state index in [-0.39, 0.29) is 0 Å². The molecule has 0 bridgehead atoms. The molecule has 0 aromatic carbocycles. The van der Waals surface area contributed by atoms with Gasteiger partial charge in [-0.3, -0.25) is 0 Å². The summed E-state index contributed by atoms with van der Waals surface area (Å²) in [6, 6.07) is 0. The highest BCUT2D eigenvalue weighted by molar-refractivity contribution is 4.78. The monoisotopic (exact) mass is 240 g/mol. The molecule has 2 nitrogen and oxygen atoms in total. The van der Waals surface area contributed by atoms with Gasteiger partial charge in [-0.05, 0) is 62.6 Å². The fraction of sp³-hybridized carbons (Fsp3) is 1.00. The van der Waals surface area contributed by atoms with Crippen LogP contribution in [-0.2, 0) is 0 Å². The molecule has 2 N–H and O–H groups in total. The molecule has 0 aromatic heterocycles. The first-order valence-electron chi connectivity index (χ1n) is 7.35. The van der Waals surface area contributed by atoms with Crippen LogP contribution in [0, 0.1) is 17.3 Å². The Morgan fingerprint density at radius 2 is 1.88 bits per heavy atom. The molecule has 1 atom stereocenters. The zero-order chi connectivity index (χ0) is 12.9. The maximum absolute atomic E-state index is 5.90. The lowest BCUT2D eigenvalue weighted by atomic mass is 9.85. The van der Waals surface area contributed by atoms with Gasteiger partial charge in [0.2, 0.25) is 0 Å². The van der Waals surface area contributed by atoms with E-state index in [4.69, 9.17) is 5.73 Å². The van der Waals surface area contributed by atoms with Gasteiger partial charge in [0.05, 0.1) is 0 Å². The van der Waals surface area contributed by atoms with E-state index in [1.54, 1.807) is 0 Å². The average molecular weight is 240 g/mol. The van der Waals surface area contributed by atoms with Crippen molar-refractivity contribution in [3.8, 4) is 0 Å². The van der Waals surface area contributed by atoms with Crippen molar-refractivity contribution in [2.45, 2.75) is 53.4 Å². The van der Waals surface area contributed by atoms with E-state index in [1.165, 1.54) is 45.3 Å². The van der Waals surface area contributed by atoms with Gasteiger partial charge in [0.15, 0.2) is 0 Å². The number of nitrogens with two attached hydrogens (primary N) is 1. The summed E-state index contributed by atoms with van der Waals surface area (Å²) in [6.45, 7) is 14.0. The Labute approximate surface area is 108 Å². The van der Waals surface area contributed by atoms with Crippen LogP contribution in [0.3, 0.4) is 0 Å². The van der Waals surface area contributed by atoms with Gasteiger partial charge in [-0.15, -0.1) is 0 Å². The van der Waals surface area contributed by atoms with Crippen LogP contribution in [0.1, 0.15) is 53.4 Å². The molecule has 1 aliphatic heterocycles. The van der Waals surface area contributed by atoms with Gasteiger partial charge in [-0.25, -0.2) is 0 Å². The molecular weight excluding hydrogens is 208 g/mol. The largest absolute Gasteiger partial charge is 0.330 e. The Kier molecular flexibility index (Phi) is 5.94. The van der Waals surface area contributed by atoms with Gasteiger partial charge in [-0.1, -0.05) is 27.7 Å². The summed E-state index contributed by atoms with van der Waals surface area (Å²) in [5.74, 6) is 1.46. The normalized spacial score (nSPS) is 23.6. The van der Waals surface area contributed by atoms with Crippen LogP contribution in [0.2, 0.25) is 0 Å². The van der Waals surface area contributed by atoms with E-state index in [1.807, 2.05) is 0 Å². The van der Waals surface area contributed by atoms with Crippen molar-refractivity contribution in [3.63, 3.8) is 0 Å². The second-order valence-corrected chi connectivity index (χ2v) is 7.05. The number of nitrogens with zero attached hydrogens (tertiary/aromatic N) is 1. The fourth-order valence-electron chi connectivity index (χ4n) is 2.94. The van der Waals surface area contributed by atoms with Crippen molar-refractivity contribution in [2.24, 2.45) is 23.0 Å². The van der Waals surface area contributed by atoms with Crippen LogP contribution < -0.4 is 5.73 Å². The highest BCUT2D eigenvalue weighted by Gasteiger charge is 2.24. The molecule has 2 heteroatoms. The van der Waals surface area contributed by atoms with Gasteiger partial charge in [0.1, 0.15) is 0 Å². The second-order valence-electron chi connectivity index (χ2n) is 7.05. The lowest BCUT2D eigenvalue weighted by molar-refractivity contribution is 0.215. The van der Waals surface area contributed by atoms with E-state index in [9.17, 15) is 0 Å². The number of rotatable bonds is 5. The summed E-state index contributed by atoms with van der Waals surface area (Å²) in [4.78, 5) is 2.65. The van der Waals surface area contributed by atoms with Crippen molar-refractivity contribution >= 4 is 0 Å². The first kappa shape index (κ1) is 15.0. The summed E-state index contributed by atoms with van der Waals surface area (Å²) in [5.41, 5.74) is 6.45. The predicted molar refractivity (Wildman–Crippen MR) is 76.1 cm³/mol. The minimum absolute atomic E-state index is 0.547. The lowest BCUT2D eigenvalue weighted by Crippen LogP contribution is -2.34. The number of hydrogen-bond acceptors (Lipinski definition) is 2. The van der Waals surface area contributed by atoms with Crippen molar-refractivity contribution in [1.82, 2.24) is 4.90 Å². The van der Waals surface area contributed by atoms with Gasteiger partial charge in [-0.2, -0.15) is 0 Å². The Bertz CT molecular complexity index is 211. The van der Waals surface area contributed by atoms with Crippen LogP contribution in [0.4, 0.5) is 0 Å². The first-order valence-corrected chi connectivity index (χ1v) is 7.35. The molecule has 0 amide bonds. The number of likely N-dealkylation sites (tertiary alicyclic amines) is 1. The quantitative estimate of drug-likeness (QED) is 0.800. The molecule has 102 valence electrons. The molecule has 0 aliphatic carbocycles. The van der Waals surface area contributed by atoms with Crippen LogP contribution in [0.25, 0.3) is 0 Å². The Morgan fingerprint density at radius 3 is 2.47 bits per heavy atom. The maximum Gasteiger partial charge on any atom is 0.00218 e. The molecule has 1 unspecified atom stereocenters. The van der Waals surface area contributed by atoms with E-state index < -0.39 is 0 Å². The molecule has 17 heavy (non-hydrogen) atoms. The van der Waals surface area contributed by atoms with Crippen LogP contribution >= 0.6 is 0 Å². The van der Waals surface area contributed by atoms with Crippen molar-refractivity contribution in [3.05, 3.63) is 0 Å². The molecular formula is C15H32N2. The third kappa shape index (κ3) is 5.87. The standard InChI is InChI=1S/C15H32N2/c1-13(2)10-14(11-16)12-17-8-5-6-15(3,4)7-9-17/h13-14H,5-12,16H2,1-4H3. The van der Waals surface area contributed by atoms with Crippen LogP contribution in [0.15, 0.2) is 0 Å². The summed E-state index contributed by atoms with van der Waals surface area (Å²) in [7, 11) is 0. The fourth-order valence-corrected chi connectivity index (χ4v) is 2.94. The topological polar surface area (TPSA) is 29.3 Å². The van der Waals surface area contributed by atoms with E-state index in [0.717, 1.165) is 12.5 Å². The van der Waals surface area contributed by atoms with E-state index >= 15 is 0 Å². The molecule has 0 spiro atoms. The zero-order valence-corrected chi connectivity index (χ0v) is 12.3. The van der Waals surface area contributed by atoms with Gasteiger partial charge >= 0.3 is 0 Å². The third-order valence-corrected chi connectivity index (χ3v) is 4.09. The summed E-state index contributed by atoms with van der Waals surface area (Å²) < 4.78 is 0. The molecule has 1 aliphatic rings. The second kappa shape index (κ2) is 6.75. The molecule has 1 saturated heterocycles. The first-order chi connectivity index (χ1) is 7.93. The maximum atomic E-state index is 5.90. The zero-order valence-electron chi connectivity index (χ0n) is 12.3. The predicted octanol–water partition coefficient (Wildman–Crippen LogP) is 3.12. The summed E-state index contributed by atoms with van der Waals surface area (Å²) in [5, 5.41) is 0. The highest BCUT2D eigenvalue weighted by Crippen LogP contribution is 2.30. The van der Waals surface area contributed by atoms with Crippen LogP contribution in [0.5, 0.6) is 0 Å². The molecule has 0 aromatic rings. The van der Waals surface area contributed by atoms with Crippen molar-refractivity contribution in [1.29, 1.82) is 0 Å². The Balaban J connectivity index is 2.39. The molecule has 0 saturated carbocycles. The molecule has 1 rings (SSSR count). The molecule has 1 heterocycles. The van der Waals surface area contributed by atoms with Crippen molar-refractivity contribution in [2.75, 3.05) is 26.2 Å². The molecule has 1 fully saturated rings. The average Bonchev–Trinajstić information content (AvgIpc) is 2.39. The van der Waals surface area contributed by atoms with E-state index in [0.29, 0.717) is 11.3 Å². The summed E-state index contributed by atoms with van der Waals surface area (Å²) >= 11 is 0. The third-order valence-electron chi connectivity index (χ3n) is 4.09. The SMILES string of the molecule is CC(C)CC(CN)CN1CCCC(C)(C)CC1. The summed E-state index contributed by atoms with van der Waals surface area (Å²) in [6.07, 6.45) is 5.34. The Morgan fingerprint density at radius 1 is 1.18 bits per heavy atom. The smallest absolute Gasteiger partial charge is 0.00218 e. The highest BCUT2D eigenvalue weighted by atomic mass is 15.1. The minimum Gasteiger partial charge on any atom is -0.330 e. The number of hydrogen-bond donors (Lipinski definition) is 1.